The zero-order valence-electron chi connectivity index (χ0n) is 6.87. The van der Waals surface area contributed by atoms with E-state index in [2.05, 4.69) is 0 Å². The summed E-state index contributed by atoms with van der Waals surface area (Å²) in [4.78, 5) is 1.00. The van der Waals surface area contributed by atoms with E-state index in [0.29, 0.717) is 0 Å². The first-order valence-corrected chi connectivity index (χ1v) is 4.08. The van der Waals surface area contributed by atoms with Gasteiger partial charge >= 0.3 is 0 Å². The van der Waals surface area contributed by atoms with Gasteiger partial charge in [-0.1, -0.05) is 18.2 Å². The molecule has 0 saturated heterocycles. The summed E-state index contributed by atoms with van der Waals surface area (Å²) in [5.41, 5.74) is 0. The van der Waals surface area contributed by atoms with Gasteiger partial charge in [-0.2, -0.15) is 0 Å². The maximum Gasteiger partial charge on any atom is 0.114 e. The van der Waals surface area contributed by atoms with Gasteiger partial charge in [0, 0.05) is 16.9 Å². The topological polar surface area (TPSA) is 40.7 Å². The van der Waals surface area contributed by atoms with E-state index in [9.17, 15) is 4.39 Å². The molecule has 5 heteroatoms. The second-order valence-electron chi connectivity index (χ2n) is 1.91. The van der Waals surface area contributed by atoms with Crippen LogP contribution in [-0.2, 0) is 4.18 Å². The molecule has 0 heterocycles. The summed E-state index contributed by atoms with van der Waals surface area (Å²) in [5, 5.41) is 0. The Bertz CT molecular complexity index is 199. The van der Waals surface area contributed by atoms with Gasteiger partial charge < -0.3 is 33.6 Å². The van der Waals surface area contributed by atoms with E-state index in [1.54, 1.807) is 0 Å². The van der Waals surface area contributed by atoms with Crippen molar-refractivity contribution in [2.24, 2.45) is 0 Å². The van der Waals surface area contributed by atoms with Gasteiger partial charge in [0.25, 0.3) is 0 Å². The number of alkyl halides is 1. The molecule has 0 bridgehead atoms. The molecule has 0 aliphatic carbocycles. The molecule has 1 rings (SSSR count). The summed E-state index contributed by atoms with van der Waals surface area (Å²) < 4.78 is 16.5. The highest BCUT2D eigenvalue weighted by Gasteiger charge is 1.91. The molecule has 0 fully saturated rings. The van der Waals surface area contributed by atoms with Crippen LogP contribution in [0.3, 0.4) is 0 Å². The summed E-state index contributed by atoms with van der Waals surface area (Å²) in [6, 6.07) is 9.60. The fourth-order valence-electron chi connectivity index (χ4n) is 0.617. The Morgan fingerprint density at radius 3 is 2.38 bits per heavy atom. The lowest BCUT2D eigenvalue weighted by Crippen LogP contribution is -3.00. The van der Waals surface area contributed by atoms with Crippen LogP contribution in [-0.4, -0.2) is 18.8 Å². The lowest BCUT2D eigenvalue weighted by Gasteiger charge is -1.97. The summed E-state index contributed by atoms with van der Waals surface area (Å²) in [7, 11) is 0. The molecule has 0 amide bonds. The summed E-state index contributed by atoms with van der Waals surface area (Å²) in [5.74, 6) is 0. The number of rotatable bonds is 4. The van der Waals surface area contributed by atoms with Gasteiger partial charge in [-0.15, -0.1) is 0 Å². The van der Waals surface area contributed by atoms with Gasteiger partial charge in [0.2, 0.25) is 0 Å². The summed E-state index contributed by atoms with van der Waals surface area (Å²) in [6.07, 6.45) is 0. The quantitative estimate of drug-likeness (QED) is 0.400. The summed E-state index contributed by atoms with van der Waals surface area (Å²) in [6.45, 7) is -0.278. The molecule has 0 aromatic heterocycles. The first-order chi connectivity index (χ1) is 5.43. The van der Waals surface area contributed by atoms with E-state index in [1.807, 2.05) is 30.3 Å². The van der Waals surface area contributed by atoms with E-state index in [4.69, 9.17) is 4.18 Å². The Morgan fingerprint density at radius 1 is 1.23 bits per heavy atom. The van der Waals surface area contributed by atoms with E-state index >= 15 is 0 Å². The van der Waals surface area contributed by atoms with Crippen molar-refractivity contribution in [3.05, 3.63) is 30.3 Å². The van der Waals surface area contributed by atoms with Crippen molar-refractivity contribution in [2.75, 3.05) is 13.3 Å². The third-order valence-electron chi connectivity index (χ3n) is 1.06. The third kappa shape index (κ3) is 7.24. The van der Waals surface area contributed by atoms with Gasteiger partial charge in [0.1, 0.15) is 6.67 Å². The van der Waals surface area contributed by atoms with Crippen LogP contribution >= 0.6 is 12.0 Å². The molecular weight excluding hydrogens is 306 g/mol. The van der Waals surface area contributed by atoms with Crippen LogP contribution in [0.1, 0.15) is 0 Å². The van der Waals surface area contributed by atoms with Crippen LogP contribution in [0, 0.1) is 0 Å². The standard InChI is InChI=1S/C8H9FOS.HI.H2O/c9-6-7-10-11-8-4-2-1-3-5-8;;/h1-5H,6-7H2;1H;1H2/p-1. The highest BCUT2D eigenvalue weighted by atomic mass is 127. The van der Waals surface area contributed by atoms with Crippen molar-refractivity contribution in [3.63, 3.8) is 0 Å². The molecule has 76 valence electrons. The molecule has 1 aromatic carbocycles. The average Bonchev–Trinajstić information content (AvgIpc) is 2.07. The van der Waals surface area contributed by atoms with Crippen LogP contribution in [0.2, 0.25) is 0 Å². The number of hydrogen-bond donors (Lipinski definition) is 0. The zero-order chi connectivity index (χ0) is 7.94. The minimum absolute atomic E-state index is 0. The Balaban J connectivity index is 0. The number of halogens is 2. The number of benzene rings is 1. The highest BCUT2D eigenvalue weighted by Crippen LogP contribution is 2.17. The van der Waals surface area contributed by atoms with Crippen molar-refractivity contribution < 1.29 is 38.0 Å². The van der Waals surface area contributed by atoms with Crippen molar-refractivity contribution >= 4 is 12.0 Å². The fraction of sp³-hybridized carbons (Fsp3) is 0.250. The van der Waals surface area contributed by atoms with Crippen LogP contribution in [0.15, 0.2) is 35.2 Å². The zero-order valence-corrected chi connectivity index (χ0v) is 9.85. The molecule has 0 saturated carbocycles. The Labute approximate surface area is 98.4 Å². The van der Waals surface area contributed by atoms with Gasteiger partial charge in [0.05, 0.1) is 6.61 Å². The lowest BCUT2D eigenvalue weighted by atomic mass is 10.4. The second-order valence-corrected chi connectivity index (χ2v) is 2.78. The first-order valence-electron chi connectivity index (χ1n) is 3.34. The Hall–Kier alpha value is 0.150. The molecule has 13 heavy (non-hydrogen) atoms. The van der Waals surface area contributed by atoms with Crippen molar-refractivity contribution in [2.45, 2.75) is 4.90 Å². The predicted molar refractivity (Wildman–Crippen MR) is 47.8 cm³/mol. The van der Waals surface area contributed by atoms with Crippen molar-refractivity contribution in [3.8, 4) is 0 Å². The molecule has 2 N–H and O–H groups in total. The largest absolute Gasteiger partial charge is 1.00 e. The minimum atomic E-state index is -0.431. The fourth-order valence-corrected chi connectivity index (χ4v) is 1.17. The molecule has 0 unspecified atom stereocenters. The molecule has 0 radical (unpaired) electrons. The van der Waals surface area contributed by atoms with E-state index < -0.39 is 6.67 Å². The van der Waals surface area contributed by atoms with Crippen molar-refractivity contribution in [1.29, 1.82) is 0 Å². The average molecular weight is 317 g/mol. The normalized spacial score (nSPS) is 8.38. The first kappa shape index (κ1) is 15.6. The molecule has 0 atom stereocenters. The van der Waals surface area contributed by atoms with Crippen LogP contribution in [0.25, 0.3) is 0 Å². The second kappa shape index (κ2) is 10.2. The highest BCUT2D eigenvalue weighted by molar-refractivity contribution is 7.94. The molecular formula is C8H11FIO2S-. The third-order valence-corrected chi connectivity index (χ3v) is 1.81. The Morgan fingerprint density at radius 2 is 1.85 bits per heavy atom. The monoisotopic (exact) mass is 317 g/mol. The van der Waals surface area contributed by atoms with Crippen LogP contribution in [0.4, 0.5) is 4.39 Å². The van der Waals surface area contributed by atoms with Gasteiger partial charge in [-0.05, 0) is 12.1 Å². The SMILES string of the molecule is FCCOSc1ccccc1.O.[I-]. The van der Waals surface area contributed by atoms with E-state index in [0.717, 1.165) is 4.90 Å². The number of hydrogen-bond acceptors (Lipinski definition) is 2. The van der Waals surface area contributed by atoms with Crippen molar-refractivity contribution in [1.82, 2.24) is 0 Å². The van der Waals surface area contributed by atoms with Gasteiger partial charge in [-0.25, -0.2) is 4.39 Å². The van der Waals surface area contributed by atoms with Gasteiger partial charge in [0.15, 0.2) is 0 Å². The molecule has 0 aliphatic rings. The molecule has 0 spiro atoms. The minimum Gasteiger partial charge on any atom is -1.00 e. The van der Waals surface area contributed by atoms with E-state index in [1.165, 1.54) is 12.0 Å². The molecule has 0 aliphatic heterocycles. The lowest BCUT2D eigenvalue weighted by molar-refractivity contribution is -0.00000427. The predicted octanol–water partition coefficient (Wildman–Crippen LogP) is -1.14. The van der Waals surface area contributed by atoms with Crippen LogP contribution in [0.5, 0.6) is 0 Å². The van der Waals surface area contributed by atoms with Gasteiger partial charge in [-0.3, -0.25) is 0 Å². The smallest absolute Gasteiger partial charge is 0.114 e. The van der Waals surface area contributed by atoms with Crippen LogP contribution < -0.4 is 24.0 Å². The van der Waals surface area contributed by atoms with E-state index in [-0.39, 0.29) is 36.1 Å². The molecule has 1 aromatic rings. The summed E-state index contributed by atoms with van der Waals surface area (Å²) >= 11 is 1.20. The Kier molecular flexibility index (Phi) is 12.3. The molecule has 2 nitrogen and oxygen atoms in total. The maximum absolute atomic E-state index is 11.6. The maximum atomic E-state index is 11.6.